The number of aliphatic carboxylic acids is 1. The first-order valence-electron chi connectivity index (χ1n) is 12.1. The molecule has 0 aromatic heterocycles. The number of nitro benzene ring substituents is 1. The fourth-order valence-corrected chi connectivity index (χ4v) is 6.12. The van der Waals surface area contributed by atoms with Gasteiger partial charge >= 0.3 is 5.97 Å². The van der Waals surface area contributed by atoms with E-state index in [2.05, 4.69) is 21.2 Å². The number of rotatable bonds is 10. The zero-order valence-electron chi connectivity index (χ0n) is 21.1. The molecular formula is C26H28BrN3O8. The Morgan fingerprint density at radius 1 is 1.18 bits per heavy atom. The van der Waals surface area contributed by atoms with Gasteiger partial charge in [0.05, 0.1) is 35.5 Å². The van der Waals surface area contributed by atoms with Crippen LogP contribution in [0.5, 0.6) is 11.5 Å². The van der Waals surface area contributed by atoms with Gasteiger partial charge in [-0.15, -0.1) is 0 Å². The lowest BCUT2D eigenvalue weighted by Gasteiger charge is -2.31. The summed E-state index contributed by atoms with van der Waals surface area (Å²) in [4.78, 5) is 52.0. The number of benzene rings is 2. The Hall–Kier alpha value is -3.51. The van der Waals surface area contributed by atoms with Gasteiger partial charge in [-0.25, -0.2) is 0 Å². The second-order valence-electron chi connectivity index (χ2n) is 9.42. The molecule has 2 heterocycles. The first-order chi connectivity index (χ1) is 18.1. The van der Waals surface area contributed by atoms with E-state index in [9.17, 15) is 29.6 Å². The largest absolute Gasteiger partial charge is 0.493 e. The van der Waals surface area contributed by atoms with Crippen molar-refractivity contribution >= 4 is 39.4 Å². The Labute approximate surface area is 227 Å². The van der Waals surface area contributed by atoms with Crippen molar-refractivity contribution in [3.63, 3.8) is 0 Å². The number of nitrogens with zero attached hydrogens (tertiary/aromatic N) is 2. The second-order valence-corrected chi connectivity index (χ2v) is 10.3. The molecule has 2 aliphatic heterocycles. The number of ether oxygens (including phenoxy) is 2. The van der Waals surface area contributed by atoms with Crippen molar-refractivity contribution in [2.75, 3.05) is 20.8 Å². The maximum atomic E-state index is 13.7. The van der Waals surface area contributed by atoms with Gasteiger partial charge in [0.1, 0.15) is 5.54 Å². The van der Waals surface area contributed by atoms with E-state index < -0.39 is 46.1 Å². The highest BCUT2D eigenvalue weighted by molar-refractivity contribution is 9.10. The Bertz CT molecular complexity index is 1280. The Balaban J connectivity index is 1.84. The molecule has 2 amide bonds. The van der Waals surface area contributed by atoms with Gasteiger partial charge in [-0.3, -0.25) is 34.7 Å². The standard InChI is InChI=1S/C26H28BrN3O8/c1-4-5-10-29-23(31)19-20(24(29)32)26(25(33)34,13-14-6-8-16(9-7-14)30(35)36)28-21(19)15-11-17(27)22(38-3)18(12-15)37-2/h6-9,11-12,19-21,28H,4-5,10,13H2,1-3H3,(H,33,34). The molecule has 2 fully saturated rings. The van der Waals surface area contributed by atoms with Crippen LogP contribution < -0.4 is 14.8 Å². The van der Waals surface area contributed by atoms with Crippen molar-refractivity contribution in [3.8, 4) is 11.5 Å². The van der Waals surface area contributed by atoms with Crippen LogP contribution in [0.1, 0.15) is 36.9 Å². The Morgan fingerprint density at radius 2 is 1.87 bits per heavy atom. The molecular weight excluding hydrogens is 562 g/mol. The molecule has 0 radical (unpaired) electrons. The minimum Gasteiger partial charge on any atom is -0.493 e. The number of carbonyl (C=O) groups excluding carboxylic acids is 2. The summed E-state index contributed by atoms with van der Waals surface area (Å²) < 4.78 is 11.4. The summed E-state index contributed by atoms with van der Waals surface area (Å²) in [7, 11) is 2.95. The van der Waals surface area contributed by atoms with Crippen LogP contribution in [-0.2, 0) is 20.8 Å². The van der Waals surface area contributed by atoms with E-state index in [1.54, 1.807) is 12.1 Å². The van der Waals surface area contributed by atoms with Gasteiger partial charge in [0.2, 0.25) is 11.8 Å². The summed E-state index contributed by atoms with van der Waals surface area (Å²) in [6.07, 6.45) is 1.19. The maximum Gasteiger partial charge on any atom is 0.325 e. The normalized spacial score (nSPS) is 24.4. The van der Waals surface area contributed by atoms with Crippen LogP contribution in [0.2, 0.25) is 0 Å². The SMILES string of the molecule is CCCCN1C(=O)C2C(c3cc(Br)c(OC)c(OC)c3)NC(Cc3ccc([N+](=O)[O-])cc3)(C(=O)O)C2C1=O. The van der Waals surface area contributed by atoms with E-state index in [0.717, 1.165) is 6.42 Å². The lowest BCUT2D eigenvalue weighted by atomic mass is 9.76. The van der Waals surface area contributed by atoms with Crippen molar-refractivity contribution in [3.05, 3.63) is 62.1 Å². The van der Waals surface area contributed by atoms with Crippen molar-refractivity contribution < 1.29 is 33.9 Å². The summed E-state index contributed by atoms with van der Waals surface area (Å²) in [5.74, 6) is -3.60. The Kier molecular flexibility index (Phi) is 7.75. The number of hydrogen-bond acceptors (Lipinski definition) is 8. The predicted octanol–water partition coefficient (Wildman–Crippen LogP) is 3.49. The molecule has 4 unspecified atom stereocenters. The quantitative estimate of drug-likeness (QED) is 0.241. The number of halogens is 1. The van der Waals surface area contributed by atoms with Gasteiger partial charge in [0.25, 0.3) is 5.69 Å². The number of nitrogens with one attached hydrogen (secondary N) is 1. The average Bonchev–Trinajstić information content (AvgIpc) is 3.36. The molecule has 38 heavy (non-hydrogen) atoms. The van der Waals surface area contributed by atoms with Gasteiger partial charge in [0.15, 0.2) is 11.5 Å². The molecule has 202 valence electrons. The molecule has 11 nitrogen and oxygen atoms in total. The monoisotopic (exact) mass is 589 g/mol. The summed E-state index contributed by atoms with van der Waals surface area (Å²) in [6, 6.07) is 8.06. The van der Waals surface area contributed by atoms with Crippen LogP contribution in [0, 0.1) is 22.0 Å². The van der Waals surface area contributed by atoms with E-state index in [1.807, 2.05) is 6.92 Å². The van der Waals surface area contributed by atoms with Crippen LogP contribution in [0.3, 0.4) is 0 Å². The van der Waals surface area contributed by atoms with Crippen LogP contribution in [0.15, 0.2) is 40.9 Å². The van der Waals surface area contributed by atoms with E-state index in [4.69, 9.17) is 9.47 Å². The minimum absolute atomic E-state index is 0.138. The molecule has 2 aromatic rings. The fourth-order valence-electron chi connectivity index (χ4n) is 5.50. The molecule has 2 N–H and O–H groups in total. The highest BCUT2D eigenvalue weighted by Crippen LogP contribution is 2.51. The molecule has 2 aliphatic rings. The van der Waals surface area contributed by atoms with E-state index in [-0.39, 0.29) is 18.7 Å². The van der Waals surface area contributed by atoms with Gasteiger partial charge in [-0.1, -0.05) is 25.5 Å². The van der Waals surface area contributed by atoms with Crippen LogP contribution in [-0.4, -0.2) is 59.0 Å². The van der Waals surface area contributed by atoms with Gasteiger partial charge in [-0.2, -0.15) is 0 Å². The number of imide groups is 1. The number of unbranched alkanes of at least 4 members (excludes halogenated alkanes) is 1. The van der Waals surface area contributed by atoms with E-state index in [1.165, 1.54) is 43.4 Å². The number of non-ortho nitro benzene ring substituents is 1. The summed E-state index contributed by atoms with van der Waals surface area (Å²) in [6.45, 7) is 2.14. The lowest BCUT2D eigenvalue weighted by Crippen LogP contribution is -2.57. The smallest absolute Gasteiger partial charge is 0.325 e. The van der Waals surface area contributed by atoms with E-state index >= 15 is 0 Å². The van der Waals surface area contributed by atoms with Crippen molar-refractivity contribution in [2.24, 2.45) is 11.8 Å². The van der Waals surface area contributed by atoms with Crippen molar-refractivity contribution in [1.82, 2.24) is 10.2 Å². The molecule has 0 spiro atoms. The number of likely N-dealkylation sites (tertiary alicyclic amines) is 1. The minimum atomic E-state index is -1.83. The predicted molar refractivity (Wildman–Crippen MR) is 139 cm³/mol. The second kappa shape index (κ2) is 10.7. The first-order valence-corrected chi connectivity index (χ1v) is 12.9. The molecule has 0 aliphatic carbocycles. The van der Waals surface area contributed by atoms with E-state index in [0.29, 0.717) is 33.5 Å². The maximum absolute atomic E-state index is 13.7. The molecule has 0 bridgehead atoms. The molecule has 4 atom stereocenters. The number of methoxy groups -OCH3 is 2. The fraction of sp³-hybridized carbons (Fsp3) is 0.423. The molecule has 2 saturated heterocycles. The number of amides is 2. The number of nitro groups is 1. The third-order valence-electron chi connectivity index (χ3n) is 7.31. The molecule has 12 heteroatoms. The Morgan fingerprint density at radius 3 is 2.42 bits per heavy atom. The van der Waals surface area contributed by atoms with Gasteiger partial charge in [0, 0.05) is 31.1 Å². The molecule has 4 rings (SSSR count). The third kappa shape index (κ3) is 4.51. The zero-order valence-corrected chi connectivity index (χ0v) is 22.7. The van der Waals surface area contributed by atoms with Crippen molar-refractivity contribution in [1.29, 1.82) is 0 Å². The highest BCUT2D eigenvalue weighted by Gasteiger charge is 2.68. The zero-order chi connectivity index (χ0) is 27.8. The van der Waals surface area contributed by atoms with Gasteiger partial charge < -0.3 is 14.6 Å². The first kappa shape index (κ1) is 27.5. The van der Waals surface area contributed by atoms with Crippen molar-refractivity contribution in [2.45, 2.75) is 37.8 Å². The highest BCUT2D eigenvalue weighted by atomic mass is 79.9. The topological polar surface area (TPSA) is 148 Å². The van der Waals surface area contributed by atoms with Crippen LogP contribution in [0.25, 0.3) is 0 Å². The number of fused-ring (bicyclic) bond motifs is 1. The third-order valence-corrected chi connectivity index (χ3v) is 7.90. The summed E-state index contributed by atoms with van der Waals surface area (Å²) in [5, 5.41) is 24.8. The summed E-state index contributed by atoms with van der Waals surface area (Å²) in [5.41, 5.74) is -0.944. The summed E-state index contributed by atoms with van der Waals surface area (Å²) >= 11 is 3.45. The average molecular weight is 590 g/mol. The van der Waals surface area contributed by atoms with Crippen LogP contribution >= 0.6 is 15.9 Å². The molecule has 0 saturated carbocycles. The van der Waals surface area contributed by atoms with Crippen LogP contribution in [0.4, 0.5) is 5.69 Å². The molecule has 2 aromatic carbocycles. The van der Waals surface area contributed by atoms with Gasteiger partial charge in [-0.05, 0) is 45.6 Å². The number of hydrogen-bond donors (Lipinski definition) is 2. The number of carboxylic acid groups (broad SMARTS) is 1. The number of carboxylic acids is 1. The number of carbonyl (C=O) groups is 3. The lowest BCUT2D eigenvalue weighted by molar-refractivity contribution is -0.384.